The Morgan fingerprint density at radius 3 is 1.70 bits per heavy atom. The number of unbranched alkanes of at least 4 members (excludes halogenated alkanes) is 2. The van der Waals surface area contributed by atoms with Gasteiger partial charge in [0, 0.05) is 41.1 Å². The van der Waals surface area contributed by atoms with Crippen LogP contribution < -0.4 is 11.5 Å². The number of nitrogens with two attached hydrogens (primary N) is 2. The lowest BCUT2D eigenvalue weighted by Crippen LogP contribution is -2.39. The number of aldehydes is 1. The largest absolute Gasteiger partial charge is 0.446 e. The maximum Gasteiger partial charge on any atom is 0.446 e. The monoisotopic (exact) mass is 1150 g/mol. The summed E-state index contributed by atoms with van der Waals surface area (Å²) in [6, 6.07) is 6.09. The predicted octanol–water partition coefficient (Wildman–Crippen LogP) is 11.7. The fourth-order valence-electron chi connectivity index (χ4n) is 8.68. The van der Waals surface area contributed by atoms with E-state index in [1.54, 1.807) is 18.2 Å². The Morgan fingerprint density at radius 2 is 1.23 bits per heavy atom. The van der Waals surface area contributed by atoms with E-state index in [1.807, 2.05) is 0 Å². The molecule has 0 fully saturated rings. The molecule has 0 bridgehead atoms. The Bertz CT molecular complexity index is 2410. The lowest BCUT2D eigenvalue weighted by Gasteiger charge is -2.34. The highest BCUT2D eigenvalue weighted by atomic mass is 79.9. The fraction of sp³-hybridized carbons (Fsp3) is 0.442. The van der Waals surface area contributed by atoms with Crippen LogP contribution in [0.3, 0.4) is 0 Å². The smallest absolute Gasteiger partial charge is 0.396 e. The van der Waals surface area contributed by atoms with E-state index in [9.17, 15) is 56.6 Å². The third kappa shape index (κ3) is 10.7. The molecule has 2 aromatic rings. The van der Waals surface area contributed by atoms with E-state index in [-0.39, 0.29) is 64.2 Å². The summed E-state index contributed by atoms with van der Waals surface area (Å²) in [7, 11) is 0. The van der Waals surface area contributed by atoms with Crippen molar-refractivity contribution >= 4 is 110 Å². The molecular formula is C43H43Br4F5N4O8. The number of anilines is 2. The minimum atomic E-state index is -4.64. The van der Waals surface area contributed by atoms with Crippen molar-refractivity contribution in [3.8, 4) is 0 Å². The topological polar surface area (TPSA) is 207 Å². The molecule has 12 nitrogen and oxygen atoms in total. The summed E-state index contributed by atoms with van der Waals surface area (Å²) < 4.78 is 59.6. The summed E-state index contributed by atoms with van der Waals surface area (Å²) in [4.78, 5) is 65.6. The highest BCUT2D eigenvalue weighted by Crippen LogP contribution is 2.57. The predicted molar refractivity (Wildman–Crippen MR) is 246 cm³/mol. The molecule has 2 aromatic carbocycles. The molecule has 0 amide bonds. The third-order valence-electron chi connectivity index (χ3n) is 12.0. The van der Waals surface area contributed by atoms with Gasteiger partial charge in [0.2, 0.25) is 17.9 Å². The zero-order valence-electron chi connectivity index (χ0n) is 34.7. The Kier molecular flexibility index (Phi) is 17.0. The first-order chi connectivity index (χ1) is 29.7. The number of allylic oxidation sites excluding steroid dienone is 6. The van der Waals surface area contributed by atoms with Crippen molar-refractivity contribution in [2.45, 2.75) is 110 Å². The molecule has 2 atom stereocenters. The first-order valence-electron chi connectivity index (χ1n) is 19.9. The summed E-state index contributed by atoms with van der Waals surface area (Å²) in [5.41, 5.74) is 14.2. The van der Waals surface area contributed by atoms with Crippen LogP contribution in [-0.2, 0) is 32.0 Å². The number of nitro groups is 2. The molecule has 2 unspecified atom stereocenters. The SMILES string of the molecule is CC1([N+](=O)[O-])C(Br)=C(Br)C(=O)C(Br)=C1Br.CCCCC12CCC(=O)C([N+](=O)[O-])=C1c1cc(F)c(N)cc1C2.CCCCC12CCC(=O)C=C1c1cc(F)c(N)cc1C2.O=CC(F)(F)F. The molecule has 0 aliphatic heterocycles. The Morgan fingerprint density at radius 1 is 0.781 bits per heavy atom. The molecule has 64 heavy (non-hydrogen) atoms. The molecule has 0 radical (unpaired) electrons. The van der Waals surface area contributed by atoms with Crippen molar-refractivity contribution in [1.29, 1.82) is 0 Å². The van der Waals surface area contributed by atoms with E-state index < -0.39 is 44.9 Å². The summed E-state index contributed by atoms with van der Waals surface area (Å²) in [6.45, 7) is 5.63. The lowest BCUT2D eigenvalue weighted by molar-refractivity contribution is -0.537. The lowest BCUT2D eigenvalue weighted by atomic mass is 9.68. The Labute approximate surface area is 398 Å². The van der Waals surface area contributed by atoms with Crippen LogP contribution in [0.25, 0.3) is 11.1 Å². The minimum absolute atomic E-state index is 0.0342. The van der Waals surface area contributed by atoms with Crippen molar-refractivity contribution in [3.05, 3.63) is 108 Å². The number of carbonyl (C=O) groups excluding carboxylic acids is 4. The number of hydrogen-bond acceptors (Lipinski definition) is 10. The Balaban J connectivity index is 0.000000201. The molecule has 0 aromatic heterocycles. The minimum Gasteiger partial charge on any atom is -0.396 e. The highest BCUT2D eigenvalue weighted by Gasteiger charge is 2.52. The van der Waals surface area contributed by atoms with Gasteiger partial charge in [-0.15, -0.1) is 0 Å². The zero-order valence-corrected chi connectivity index (χ0v) is 41.0. The van der Waals surface area contributed by atoms with Gasteiger partial charge in [0.05, 0.1) is 34.2 Å². The number of nitrogen functional groups attached to an aromatic ring is 2. The van der Waals surface area contributed by atoms with Gasteiger partial charge in [-0.2, -0.15) is 13.2 Å². The molecule has 5 aliphatic rings. The van der Waals surface area contributed by atoms with Crippen LogP contribution in [0.2, 0.25) is 0 Å². The average molecular weight is 1160 g/mol. The van der Waals surface area contributed by atoms with Crippen LogP contribution in [-0.4, -0.2) is 45.2 Å². The van der Waals surface area contributed by atoms with Crippen LogP contribution in [0.1, 0.15) is 107 Å². The summed E-state index contributed by atoms with van der Waals surface area (Å²) >= 11 is 12.2. The first kappa shape index (κ1) is 52.7. The fourth-order valence-corrected chi connectivity index (χ4v) is 11.4. The number of rotatable bonds is 8. The normalized spacial score (nSPS) is 21.8. The van der Waals surface area contributed by atoms with Gasteiger partial charge in [-0.1, -0.05) is 39.5 Å². The highest BCUT2D eigenvalue weighted by molar-refractivity contribution is 9.15. The van der Waals surface area contributed by atoms with E-state index in [0.29, 0.717) is 30.4 Å². The van der Waals surface area contributed by atoms with Crippen molar-refractivity contribution in [3.63, 3.8) is 0 Å². The van der Waals surface area contributed by atoms with E-state index in [1.165, 1.54) is 19.1 Å². The zero-order chi connectivity index (χ0) is 48.3. The number of benzene rings is 2. The standard InChI is InChI=1S/C17H19FN2O3.C17H20FNO.C7H3Br4NO3.C2HF3O/c1-2-3-5-17-6-4-14(21)16(20(22)23)15(17)11-8-12(18)13(19)7-10(11)9-17;1-2-3-5-17-6-4-12(20)8-14(17)13-9-15(18)16(19)7-11(13)10-17;1-7(12(14)15)5(10)2(8)4(13)3(9)6(7)11;3-2(4,5)1-6/h7-8H,2-6,9,19H2,1H3;7-9H,2-6,10,19H2,1H3;1H3;1H. The molecule has 4 N–H and O–H groups in total. The second-order valence-corrected chi connectivity index (χ2v) is 19.4. The molecule has 0 saturated heterocycles. The molecular weight excluding hydrogens is 1120 g/mol. The van der Waals surface area contributed by atoms with Gasteiger partial charge in [0.1, 0.15) is 11.6 Å². The van der Waals surface area contributed by atoms with E-state index in [4.69, 9.17) is 16.3 Å². The summed E-state index contributed by atoms with van der Waals surface area (Å²) in [6.07, 6.45) is 5.76. The van der Waals surface area contributed by atoms with Crippen molar-refractivity contribution < 1.29 is 51.0 Å². The molecule has 0 saturated carbocycles. The van der Waals surface area contributed by atoms with Gasteiger partial charge in [0.15, 0.2) is 5.78 Å². The number of Topliss-reactive ketones (excluding diaryl/α,β-unsaturated/α-hetero) is 2. The van der Waals surface area contributed by atoms with Gasteiger partial charge < -0.3 is 11.5 Å². The second kappa shape index (κ2) is 20.7. The van der Waals surface area contributed by atoms with E-state index >= 15 is 0 Å². The quantitative estimate of drug-likeness (QED) is 0.0840. The van der Waals surface area contributed by atoms with Crippen LogP contribution in [0.4, 0.5) is 33.3 Å². The van der Waals surface area contributed by atoms with Gasteiger partial charge in [-0.25, -0.2) is 8.78 Å². The summed E-state index contributed by atoms with van der Waals surface area (Å²) in [5.74, 6) is -1.61. The molecule has 0 spiro atoms. The van der Waals surface area contributed by atoms with Gasteiger partial charge in [-0.05, 0) is 160 Å². The molecule has 5 aliphatic carbocycles. The van der Waals surface area contributed by atoms with Gasteiger partial charge in [0.25, 0.3) is 5.54 Å². The van der Waals surface area contributed by atoms with Crippen molar-refractivity contribution in [1.82, 2.24) is 0 Å². The van der Waals surface area contributed by atoms with Crippen LogP contribution >= 0.6 is 63.7 Å². The molecule has 0 heterocycles. The number of fused-ring (bicyclic) bond motifs is 6. The number of carbonyl (C=O) groups is 4. The number of halogens is 9. The van der Waals surface area contributed by atoms with Crippen molar-refractivity contribution in [2.24, 2.45) is 10.8 Å². The van der Waals surface area contributed by atoms with Gasteiger partial charge in [-0.3, -0.25) is 39.4 Å². The maximum absolute atomic E-state index is 13.9. The van der Waals surface area contributed by atoms with Crippen LogP contribution in [0.5, 0.6) is 0 Å². The molecule has 21 heteroatoms. The second-order valence-electron chi connectivity index (χ2n) is 16.2. The molecule has 346 valence electrons. The van der Waals surface area contributed by atoms with Crippen LogP contribution in [0, 0.1) is 42.7 Å². The maximum atomic E-state index is 13.9. The first-order valence-corrected chi connectivity index (χ1v) is 23.1. The van der Waals surface area contributed by atoms with Crippen LogP contribution in [0.15, 0.2) is 54.0 Å². The number of ketones is 3. The number of hydrogen-bond donors (Lipinski definition) is 2. The molecule has 7 rings (SSSR count). The Hall–Kier alpha value is -3.95. The number of alkyl halides is 3. The van der Waals surface area contributed by atoms with Gasteiger partial charge >= 0.3 is 11.9 Å². The average Bonchev–Trinajstić information content (AvgIpc) is 3.71. The van der Waals surface area contributed by atoms with Crippen molar-refractivity contribution in [2.75, 3.05) is 11.5 Å². The summed E-state index contributed by atoms with van der Waals surface area (Å²) in [5, 5.41) is 22.5. The third-order valence-corrected chi connectivity index (χ3v) is 16.9. The van der Waals surface area contributed by atoms with E-state index in [0.717, 1.165) is 73.6 Å². The van der Waals surface area contributed by atoms with E-state index in [2.05, 4.69) is 77.6 Å². The number of nitrogens with zero attached hydrogens (tertiary/aromatic N) is 2.